The molecule has 2 rings (SSSR count). The molecule has 1 atom stereocenters. The summed E-state index contributed by atoms with van der Waals surface area (Å²) in [6.07, 6.45) is 0.831. The molecule has 1 aliphatic heterocycles. The van der Waals surface area contributed by atoms with Crippen LogP contribution in [-0.4, -0.2) is 26.0 Å². The molecule has 0 spiro atoms. The maximum atomic E-state index is 12.1. The lowest BCUT2D eigenvalue weighted by atomic mass is 10.2. The SMILES string of the molecule is N#Cc1ccc(S(=O)(=O)NC2CCSC2)c(Cl)c1. The summed E-state index contributed by atoms with van der Waals surface area (Å²) in [5, 5.41) is 8.79. The Morgan fingerprint density at radius 1 is 1.50 bits per heavy atom. The number of hydrogen-bond donors (Lipinski definition) is 1. The van der Waals surface area contributed by atoms with Crippen LogP contribution in [0.2, 0.25) is 5.02 Å². The smallest absolute Gasteiger partial charge is 0.207 e. The number of sulfonamides is 1. The van der Waals surface area contributed by atoms with Crippen LogP contribution >= 0.6 is 23.4 Å². The number of nitriles is 1. The minimum atomic E-state index is -3.60. The number of hydrogen-bond acceptors (Lipinski definition) is 4. The molecule has 0 radical (unpaired) electrons. The van der Waals surface area contributed by atoms with Gasteiger partial charge in [0.15, 0.2) is 0 Å². The first-order valence-corrected chi connectivity index (χ1v) is 8.34. The molecule has 1 heterocycles. The van der Waals surface area contributed by atoms with E-state index in [0.29, 0.717) is 5.56 Å². The molecule has 7 heteroatoms. The Morgan fingerprint density at radius 2 is 2.28 bits per heavy atom. The first kappa shape index (κ1) is 13.7. The standard InChI is InChI=1S/C11H11ClN2O2S2/c12-10-5-8(6-13)1-2-11(10)18(15,16)14-9-3-4-17-7-9/h1-2,5,9,14H,3-4,7H2. The number of halogens is 1. The maximum Gasteiger partial charge on any atom is 0.242 e. The van der Waals surface area contributed by atoms with Gasteiger partial charge in [-0.3, -0.25) is 0 Å². The minimum absolute atomic E-state index is 0.0278. The van der Waals surface area contributed by atoms with Gasteiger partial charge in [-0.2, -0.15) is 17.0 Å². The van der Waals surface area contributed by atoms with Crippen LogP contribution in [0.15, 0.2) is 23.1 Å². The molecule has 0 saturated carbocycles. The first-order valence-electron chi connectivity index (χ1n) is 5.32. The fourth-order valence-corrected chi connectivity index (χ4v) is 4.77. The van der Waals surface area contributed by atoms with E-state index < -0.39 is 10.0 Å². The van der Waals surface area contributed by atoms with Crippen molar-refractivity contribution < 1.29 is 8.42 Å². The van der Waals surface area contributed by atoms with E-state index in [9.17, 15) is 8.42 Å². The van der Waals surface area contributed by atoms with Crippen LogP contribution in [0.1, 0.15) is 12.0 Å². The molecule has 1 aliphatic rings. The molecule has 1 N–H and O–H groups in total. The van der Waals surface area contributed by atoms with Crippen molar-refractivity contribution in [2.24, 2.45) is 0 Å². The number of nitrogens with zero attached hydrogens (tertiary/aromatic N) is 1. The van der Waals surface area contributed by atoms with E-state index in [1.807, 2.05) is 6.07 Å². The van der Waals surface area contributed by atoms with E-state index in [0.717, 1.165) is 17.9 Å². The predicted molar refractivity (Wildman–Crippen MR) is 72.2 cm³/mol. The quantitative estimate of drug-likeness (QED) is 0.927. The van der Waals surface area contributed by atoms with Crippen molar-refractivity contribution in [1.29, 1.82) is 5.26 Å². The van der Waals surface area contributed by atoms with Gasteiger partial charge in [-0.15, -0.1) is 0 Å². The summed E-state index contributed by atoms with van der Waals surface area (Å²) in [6, 6.07) is 6.06. The van der Waals surface area contributed by atoms with Gasteiger partial charge in [0.1, 0.15) is 4.90 Å². The Labute approximate surface area is 115 Å². The Morgan fingerprint density at radius 3 is 2.83 bits per heavy atom. The van der Waals surface area contributed by atoms with Crippen molar-refractivity contribution in [2.75, 3.05) is 11.5 Å². The highest BCUT2D eigenvalue weighted by molar-refractivity contribution is 7.99. The van der Waals surface area contributed by atoms with Gasteiger partial charge in [0, 0.05) is 11.8 Å². The highest BCUT2D eigenvalue weighted by Gasteiger charge is 2.24. The number of rotatable bonds is 3. The van der Waals surface area contributed by atoms with Gasteiger partial charge >= 0.3 is 0 Å². The zero-order valence-electron chi connectivity index (χ0n) is 9.39. The van der Waals surface area contributed by atoms with Crippen molar-refractivity contribution in [3.05, 3.63) is 28.8 Å². The highest BCUT2D eigenvalue weighted by atomic mass is 35.5. The Balaban J connectivity index is 2.27. The summed E-state index contributed by atoms with van der Waals surface area (Å²) in [5.41, 5.74) is 0.343. The molecule has 18 heavy (non-hydrogen) atoms. The van der Waals surface area contributed by atoms with E-state index in [4.69, 9.17) is 16.9 Å². The molecule has 1 aromatic rings. The molecule has 1 saturated heterocycles. The van der Waals surface area contributed by atoms with Crippen LogP contribution < -0.4 is 4.72 Å². The molecular weight excluding hydrogens is 292 g/mol. The average Bonchev–Trinajstić information content (AvgIpc) is 2.80. The van der Waals surface area contributed by atoms with Gasteiger partial charge in [-0.25, -0.2) is 13.1 Å². The molecule has 1 fully saturated rings. The van der Waals surface area contributed by atoms with Crippen molar-refractivity contribution in [1.82, 2.24) is 4.72 Å². The third-order valence-electron chi connectivity index (χ3n) is 2.60. The summed E-state index contributed by atoms with van der Waals surface area (Å²) in [4.78, 5) is 0.0278. The summed E-state index contributed by atoms with van der Waals surface area (Å²) < 4.78 is 26.9. The van der Waals surface area contributed by atoms with Crippen LogP contribution in [0.3, 0.4) is 0 Å². The lowest BCUT2D eigenvalue weighted by Gasteiger charge is -2.12. The molecule has 0 amide bonds. The van der Waals surface area contributed by atoms with E-state index in [2.05, 4.69) is 4.72 Å². The fraction of sp³-hybridized carbons (Fsp3) is 0.364. The lowest BCUT2D eigenvalue weighted by Crippen LogP contribution is -2.34. The van der Waals surface area contributed by atoms with Crippen molar-refractivity contribution in [3.8, 4) is 6.07 Å². The van der Waals surface area contributed by atoms with E-state index in [1.165, 1.54) is 18.2 Å². The number of benzene rings is 1. The highest BCUT2D eigenvalue weighted by Crippen LogP contribution is 2.24. The number of thioether (sulfide) groups is 1. The van der Waals surface area contributed by atoms with Gasteiger partial charge in [0.05, 0.1) is 16.7 Å². The monoisotopic (exact) mass is 302 g/mol. The first-order chi connectivity index (χ1) is 8.53. The zero-order chi connectivity index (χ0) is 13.2. The summed E-state index contributed by atoms with van der Waals surface area (Å²) in [6.45, 7) is 0. The zero-order valence-corrected chi connectivity index (χ0v) is 11.8. The Kier molecular flexibility index (Phi) is 4.17. The predicted octanol–water partition coefficient (Wildman–Crippen LogP) is 2.00. The molecule has 0 aliphatic carbocycles. The minimum Gasteiger partial charge on any atom is -0.207 e. The summed E-state index contributed by atoms with van der Waals surface area (Å²) in [7, 11) is -3.60. The van der Waals surface area contributed by atoms with Gasteiger partial charge in [-0.1, -0.05) is 11.6 Å². The normalized spacial score (nSPS) is 19.7. The molecule has 4 nitrogen and oxygen atoms in total. The summed E-state index contributed by atoms with van der Waals surface area (Å²) >= 11 is 7.63. The molecule has 0 aromatic heterocycles. The second kappa shape index (κ2) is 5.49. The second-order valence-corrected chi connectivity index (χ2v) is 7.18. The van der Waals surface area contributed by atoms with Crippen LogP contribution in [-0.2, 0) is 10.0 Å². The molecular formula is C11H11ClN2O2S2. The molecule has 0 bridgehead atoms. The molecule has 96 valence electrons. The lowest BCUT2D eigenvalue weighted by molar-refractivity contribution is 0.563. The molecule has 1 aromatic carbocycles. The van der Waals surface area contributed by atoms with Gasteiger partial charge in [0.2, 0.25) is 10.0 Å². The third-order valence-corrected chi connectivity index (χ3v) is 5.77. The fourth-order valence-electron chi connectivity index (χ4n) is 1.70. The van der Waals surface area contributed by atoms with E-state index in [1.54, 1.807) is 11.8 Å². The maximum absolute atomic E-state index is 12.1. The average molecular weight is 303 g/mol. The topological polar surface area (TPSA) is 70.0 Å². The van der Waals surface area contributed by atoms with Crippen LogP contribution in [0, 0.1) is 11.3 Å². The van der Waals surface area contributed by atoms with Crippen molar-refractivity contribution >= 4 is 33.4 Å². The van der Waals surface area contributed by atoms with Gasteiger partial charge in [0.25, 0.3) is 0 Å². The Hall–Kier alpha value is -0.740. The van der Waals surface area contributed by atoms with Crippen molar-refractivity contribution in [3.63, 3.8) is 0 Å². The Bertz CT molecular complexity index is 590. The van der Waals surface area contributed by atoms with Crippen molar-refractivity contribution in [2.45, 2.75) is 17.4 Å². The third kappa shape index (κ3) is 2.98. The van der Waals surface area contributed by atoms with E-state index in [-0.39, 0.29) is 16.0 Å². The van der Waals surface area contributed by atoms with Gasteiger partial charge in [-0.05, 0) is 30.4 Å². The van der Waals surface area contributed by atoms with Crippen LogP contribution in [0.25, 0.3) is 0 Å². The summed E-state index contributed by atoms with van der Waals surface area (Å²) in [5.74, 6) is 1.75. The number of nitrogens with one attached hydrogen (secondary N) is 1. The van der Waals surface area contributed by atoms with Gasteiger partial charge < -0.3 is 0 Å². The molecule has 1 unspecified atom stereocenters. The second-order valence-electron chi connectivity index (χ2n) is 3.94. The van der Waals surface area contributed by atoms with E-state index >= 15 is 0 Å². The largest absolute Gasteiger partial charge is 0.242 e. The van der Waals surface area contributed by atoms with Crippen LogP contribution in [0.5, 0.6) is 0 Å². The van der Waals surface area contributed by atoms with Crippen LogP contribution in [0.4, 0.5) is 0 Å².